The number of rotatable bonds is 8. The molecule has 0 radical (unpaired) electrons. The van der Waals surface area contributed by atoms with E-state index in [2.05, 4.69) is 24.1 Å². The van der Waals surface area contributed by atoms with Crippen LogP contribution in [0.1, 0.15) is 26.0 Å². The van der Waals surface area contributed by atoms with Gasteiger partial charge >= 0.3 is 0 Å². The molecule has 2 N–H and O–H groups in total. The third-order valence-electron chi connectivity index (χ3n) is 2.75. The van der Waals surface area contributed by atoms with Gasteiger partial charge in [0.25, 0.3) is 0 Å². The van der Waals surface area contributed by atoms with E-state index in [1.54, 1.807) is 12.3 Å². The summed E-state index contributed by atoms with van der Waals surface area (Å²) >= 11 is 0. The Labute approximate surface area is 108 Å². The highest BCUT2D eigenvalue weighted by atomic mass is 16.3. The topological polar surface area (TPSA) is 54.3 Å². The fourth-order valence-electron chi connectivity index (χ4n) is 1.73. The van der Waals surface area contributed by atoms with Crippen LogP contribution >= 0.6 is 0 Å². The maximum Gasteiger partial charge on any atom is 0.237 e. The second-order valence-corrected chi connectivity index (χ2v) is 4.44. The maximum atomic E-state index is 11.6. The summed E-state index contributed by atoms with van der Waals surface area (Å²) in [6, 6.07) is 3.92. The van der Waals surface area contributed by atoms with Gasteiger partial charge < -0.3 is 15.1 Å². The summed E-state index contributed by atoms with van der Waals surface area (Å²) < 4.78 is 5.27. The predicted molar refractivity (Wildman–Crippen MR) is 72.3 cm³/mol. The van der Waals surface area contributed by atoms with Crippen molar-refractivity contribution in [3.63, 3.8) is 0 Å². The van der Waals surface area contributed by atoms with Crippen LogP contribution in [0.15, 0.2) is 35.5 Å². The molecule has 18 heavy (non-hydrogen) atoms. The molecule has 4 heteroatoms. The average molecular weight is 250 g/mol. The zero-order valence-corrected chi connectivity index (χ0v) is 11.1. The van der Waals surface area contributed by atoms with Gasteiger partial charge in [-0.15, -0.1) is 6.58 Å². The number of aryl methyl sites for hydroxylation is 1. The van der Waals surface area contributed by atoms with Crippen LogP contribution in [-0.2, 0) is 11.2 Å². The Morgan fingerprint density at radius 2 is 2.33 bits per heavy atom. The van der Waals surface area contributed by atoms with Gasteiger partial charge in [-0.05, 0) is 32.4 Å². The van der Waals surface area contributed by atoms with Crippen molar-refractivity contribution in [1.82, 2.24) is 10.6 Å². The zero-order chi connectivity index (χ0) is 13.4. The molecule has 4 nitrogen and oxygen atoms in total. The van der Waals surface area contributed by atoms with E-state index in [1.807, 2.05) is 19.1 Å². The Morgan fingerprint density at radius 1 is 1.56 bits per heavy atom. The molecule has 0 fully saturated rings. The summed E-state index contributed by atoms with van der Waals surface area (Å²) in [5.74, 6) is 0.979. The molecule has 1 rings (SSSR count). The van der Waals surface area contributed by atoms with E-state index in [0.29, 0.717) is 6.54 Å². The highest BCUT2D eigenvalue weighted by Crippen LogP contribution is 2.06. The minimum Gasteiger partial charge on any atom is -0.469 e. The first-order valence-corrected chi connectivity index (χ1v) is 6.30. The number of carbonyl (C=O) groups is 1. The van der Waals surface area contributed by atoms with E-state index in [-0.39, 0.29) is 18.0 Å². The predicted octanol–water partition coefficient (Wildman–Crippen LogP) is 1.88. The molecule has 2 unspecified atom stereocenters. The molecule has 0 spiro atoms. The van der Waals surface area contributed by atoms with Crippen molar-refractivity contribution in [2.24, 2.45) is 0 Å². The van der Waals surface area contributed by atoms with Gasteiger partial charge in [0.1, 0.15) is 5.76 Å². The number of hydrogen-bond acceptors (Lipinski definition) is 3. The minimum absolute atomic E-state index is 0.000233. The molecule has 1 amide bonds. The standard InChI is InChI=1S/C14H22N2O2/c1-4-9-15-14(17)12(3)16-11(2)7-8-13-6-5-10-18-13/h4-6,10-12,16H,1,7-9H2,2-3H3,(H,15,17). The fourth-order valence-corrected chi connectivity index (χ4v) is 1.73. The first kappa shape index (κ1) is 14.5. The minimum atomic E-state index is -0.198. The molecule has 0 aliphatic carbocycles. The summed E-state index contributed by atoms with van der Waals surface area (Å²) in [6.07, 6.45) is 5.17. The molecule has 100 valence electrons. The first-order valence-electron chi connectivity index (χ1n) is 6.30. The van der Waals surface area contributed by atoms with Gasteiger partial charge in [-0.25, -0.2) is 0 Å². The Balaban J connectivity index is 2.24. The highest BCUT2D eigenvalue weighted by Gasteiger charge is 2.14. The molecular formula is C14H22N2O2. The van der Waals surface area contributed by atoms with E-state index >= 15 is 0 Å². The number of hydrogen-bond donors (Lipinski definition) is 2. The molecule has 0 saturated carbocycles. The molecule has 0 aromatic carbocycles. The van der Waals surface area contributed by atoms with Gasteiger partial charge in [0.15, 0.2) is 0 Å². The fraction of sp³-hybridized carbons (Fsp3) is 0.500. The lowest BCUT2D eigenvalue weighted by molar-refractivity contribution is -0.122. The lowest BCUT2D eigenvalue weighted by Crippen LogP contribution is -2.45. The van der Waals surface area contributed by atoms with E-state index in [4.69, 9.17) is 4.42 Å². The van der Waals surface area contributed by atoms with E-state index in [0.717, 1.165) is 18.6 Å². The van der Waals surface area contributed by atoms with Crippen LogP contribution in [-0.4, -0.2) is 24.5 Å². The van der Waals surface area contributed by atoms with Crippen molar-refractivity contribution in [3.05, 3.63) is 36.8 Å². The van der Waals surface area contributed by atoms with Gasteiger partial charge in [0.2, 0.25) is 5.91 Å². The third-order valence-corrected chi connectivity index (χ3v) is 2.75. The summed E-state index contributed by atoms with van der Waals surface area (Å²) in [5.41, 5.74) is 0. The van der Waals surface area contributed by atoms with Crippen LogP contribution in [0.5, 0.6) is 0 Å². The van der Waals surface area contributed by atoms with E-state index in [1.165, 1.54) is 0 Å². The third kappa shape index (κ3) is 5.19. The molecule has 1 aromatic rings. The summed E-state index contributed by atoms with van der Waals surface area (Å²) in [4.78, 5) is 11.6. The number of amides is 1. The maximum absolute atomic E-state index is 11.6. The normalized spacial score (nSPS) is 13.9. The average Bonchev–Trinajstić information content (AvgIpc) is 2.86. The number of nitrogens with one attached hydrogen (secondary N) is 2. The highest BCUT2D eigenvalue weighted by molar-refractivity contribution is 5.81. The first-order chi connectivity index (χ1) is 8.63. The van der Waals surface area contributed by atoms with E-state index < -0.39 is 0 Å². The summed E-state index contributed by atoms with van der Waals surface area (Å²) in [6.45, 7) is 8.00. The monoisotopic (exact) mass is 250 g/mol. The van der Waals surface area contributed by atoms with Crippen molar-refractivity contribution in [2.75, 3.05) is 6.54 Å². The molecule has 0 bridgehead atoms. The lowest BCUT2D eigenvalue weighted by atomic mass is 10.1. The lowest BCUT2D eigenvalue weighted by Gasteiger charge is -2.19. The SMILES string of the molecule is C=CCNC(=O)C(C)NC(C)CCc1ccco1. The van der Waals surface area contributed by atoms with Gasteiger partial charge in [-0.1, -0.05) is 6.08 Å². The van der Waals surface area contributed by atoms with Crippen molar-refractivity contribution >= 4 is 5.91 Å². The quantitative estimate of drug-likeness (QED) is 0.693. The number of furan rings is 1. The van der Waals surface area contributed by atoms with Gasteiger partial charge in [-0.3, -0.25) is 4.79 Å². The number of carbonyl (C=O) groups excluding carboxylic acids is 1. The van der Waals surface area contributed by atoms with Gasteiger partial charge in [0, 0.05) is 19.0 Å². The van der Waals surface area contributed by atoms with Crippen LogP contribution in [0.3, 0.4) is 0 Å². The Kier molecular flexibility index (Phi) is 6.22. The van der Waals surface area contributed by atoms with Crippen molar-refractivity contribution in [3.8, 4) is 0 Å². The van der Waals surface area contributed by atoms with Crippen molar-refractivity contribution in [2.45, 2.75) is 38.8 Å². The molecule has 1 heterocycles. The molecule has 0 aliphatic heterocycles. The van der Waals surface area contributed by atoms with Crippen LogP contribution in [0, 0.1) is 0 Å². The molecule has 2 atom stereocenters. The van der Waals surface area contributed by atoms with Gasteiger partial charge in [0.05, 0.1) is 12.3 Å². The summed E-state index contributed by atoms with van der Waals surface area (Å²) in [7, 11) is 0. The van der Waals surface area contributed by atoms with Crippen molar-refractivity contribution in [1.29, 1.82) is 0 Å². The zero-order valence-electron chi connectivity index (χ0n) is 11.1. The molecule has 1 aromatic heterocycles. The second-order valence-electron chi connectivity index (χ2n) is 4.44. The Bertz CT molecular complexity index is 360. The molecule has 0 aliphatic rings. The smallest absolute Gasteiger partial charge is 0.237 e. The molecular weight excluding hydrogens is 228 g/mol. The van der Waals surface area contributed by atoms with Gasteiger partial charge in [-0.2, -0.15) is 0 Å². The summed E-state index contributed by atoms with van der Waals surface area (Å²) in [5, 5.41) is 6.03. The van der Waals surface area contributed by atoms with E-state index in [9.17, 15) is 4.79 Å². The van der Waals surface area contributed by atoms with Crippen LogP contribution in [0.25, 0.3) is 0 Å². The van der Waals surface area contributed by atoms with Crippen LogP contribution in [0.2, 0.25) is 0 Å². The van der Waals surface area contributed by atoms with Crippen molar-refractivity contribution < 1.29 is 9.21 Å². The second kappa shape index (κ2) is 7.71. The molecule has 0 saturated heterocycles. The Hall–Kier alpha value is -1.55. The Morgan fingerprint density at radius 3 is 2.94 bits per heavy atom. The van der Waals surface area contributed by atoms with Crippen LogP contribution in [0.4, 0.5) is 0 Å². The largest absolute Gasteiger partial charge is 0.469 e. The van der Waals surface area contributed by atoms with Crippen LogP contribution < -0.4 is 10.6 Å².